The standard InChI is InChI=1S/C15H18N2O/c1-12(13-7-4-3-5-8-13)18-11-14-9-6-10-17-15(14)16-2/h3-10,12H,11H2,1-2H3,(H,16,17). The van der Waals surface area contributed by atoms with Crippen LogP contribution in [-0.2, 0) is 11.3 Å². The molecule has 3 nitrogen and oxygen atoms in total. The van der Waals surface area contributed by atoms with Gasteiger partial charge in [-0.3, -0.25) is 0 Å². The van der Waals surface area contributed by atoms with Crippen LogP contribution in [0, 0.1) is 0 Å². The fourth-order valence-electron chi connectivity index (χ4n) is 1.82. The lowest BCUT2D eigenvalue weighted by molar-refractivity contribution is 0.0527. The van der Waals surface area contributed by atoms with Crippen LogP contribution in [0.1, 0.15) is 24.2 Å². The zero-order valence-corrected chi connectivity index (χ0v) is 10.8. The number of nitrogens with zero attached hydrogens (tertiary/aromatic N) is 1. The number of rotatable bonds is 5. The van der Waals surface area contributed by atoms with E-state index < -0.39 is 0 Å². The molecule has 1 aromatic heterocycles. The molecule has 1 unspecified atom stereocenters. The Kier molecular flexibility index (Phi) is 4.31. The van der Waals surface area contributed by atoms with Crippen LogP contribution in [0.3, 0.4) is 0 Å². The number of ether oxygens (including phenoxy) is 1. The van der Waals surface area contributed by atoms with Crippen molar-refractivity contribution in [2.24, 2.45) is 0 Å². The van der Waals surface area contributed by atoms with Crippen molar-refractivity contribution in [3.63, 3.8) is 0 Å². The molecule has 2 aromatic rings. The van der Waals surface area contributed by atoms with Gasteiger partial charge < -0.3 is 10.1 Å². The Labute approximate surface area is 108 Å². The predicted octanol–water partition coefficient (Wildman–Crippen LogP) is 3.40. The van der Waals surface area contributed by atoms with Crippen molar-refractivity contribution in [3.05, 3.63) is 59.8 Å². The molecule has 0 radical (unpaired) electrons. The Bertz CT molecular complexity index is 485. The van der Waals surface area contributed by atoms with E-state index >= 15 is 0 Å². The summed E-state index contributed by atoms with van der Waals surface area (Å²) >= 11 is 0. The number of hydrogen-bond donors (Lipinski definition) is 1. The molecular formula is C15H18N2O. The van der Waals surface area contributed by atoms with Crippen LogP contribution in [0.25, 0.3) is 0 Å². The quantitative estimate of drug-likeness (QED) is 0.872. The summed E-state index contributed by atoms with van der Waals surface area (Å²) in [7, 11) is 1.87. The Hall–Kier alpha value is -1.87. The summed E-state index contributed by atoms with van der Waals surface area (Å²) in [5.74, 6) is 0.873. The van der Waals surface area contributed by atoms with Crippen LogP contribution in [0.2, 0.25) is 0 Å². The summed E-state index contributed by atoms with van der Waals surface area (Å²) < 4.78 is 5.88. The summed E-state index contributed by atoms with van der Waals surface area (Å²) in [6.07, 6.45) is 1.85. The third-order valence-electron chi connectivity index (χ3n) is 2.89. The minimum absolute atomic E-state index is 0.0797. The van der Waals surface area contributed by atoms with Crippen molar-refractivity contribution in [2.75, 3.05) is 12.4 Å². The van der Waals surface area contributed by atoms with Gasteiger partial charge in [0.1, 0.15) is 5.82 Å². The van der Waals surface area contributed by atoms with Crippen molar-refractivity contribution < 1.29 is 4.74 Å². The predicted molar refractivity (Wildman–Crippen MR) is 73.4 cm³/mol. The van der Waals surface area contributed by atoms with Gasteiger partial charge in [-0.1, -0.05) is 36.4 Å². The monoisotopic (exact) mass is 242 g/mol. The highest BCUT2D eigenvalue weighted by molar-refractivity contribution is 5.42. The third-order valence-corrected chi connectivity index (χ3v) is 2.89. The number of anilines is 1. The minimum Gasteiger partial charge on any atom is -0.373 e. The average Bonchev–Trinajstić information content (AvgIpc) is 2.46. The molecule has 18 heavy (non-hydrogen) atoms. The third kappa shape index (κ3) is 3.08. The van der Waals surface area contributed by atoms with E-state index in [9.17, 15) is 0 Å². The SMILES string of the molecule is CNc1ncccc1COC(C)c1ccccc1. The summed E-state index contributed by atoms with van der Waals surface area (Å²) in [4.78, 5) is 4.26. The highest BCUT2D eigenvalue weighted by Gasteiger charge is 2.07. The van der Waals surface area contributed by atoms with E-state index in [0.717, 1.165) is 11.4 Å². The molecule has 0 aliphatic heterocycles. The van der Waals surface area contributed by atoms with Gasteiger partial charge in [-0.25, -0.2) is 4.98 Å². The number of aromatic nitrogens is 1. The summed E-state index contributed by atoms with van der Waals surface area (Å²) in [6, 6.07) is 14.2. The molecule has 1 atom stereocenters. The van der Waals surface area contributed by atoms with Crippen molar-refractivity contribution in [3.8, 4) is 0 Å². The first kappa shape index (κ1) is 12.6. The molecule has 0 saturated carbocycles. The van der Waals surface area contributed by atoms with Gasteiger partial charge in [-0.2, -0.15) is 0 Å². The Morgan fingerprint density at radius 3 is 2.67 bits per heavy atom. The molecule has 0 spiro atoms. The zero-order chi connectivity index (χ0) is 12.8. The fraction of sp³-hybridized carbons (Fsp3) is 0.267. The Morgan fingerprint density at radius 1 is 1.17 bits per heavy atom. The maximum Gasteiger partial charge on any atom is 0.131 e. The number of hydrogen-bond acceptors (Lipinski definition) is 3. The molecule has 0 aliphatic carbocycles. The molecule has 2 rings (SSSR count). The maximum absolute atomic E-state index is 5.88. The molecule has 0 bridgehead atoms. The van der Waals surface area contributed by atoms with Crippen LogP contribution < -0.4 is 5.32 Å². The van der Waals surface area contributed by atoms with Crippen LogP contribution >= 0.6 is 0 Å². The molecule has 0 amide bonds. The molecule has 1 N–H and O–H groups in total. The van der Waals surface area contributed by atoms with E-state index in [1.54, 1.807) is 6.20 Å². The van der Waals surface area contributed by atoms with E-state index in [-0.39, 0.29) is 6.10 Å². The van der Waals surface area contributed by atoms with Gasteiger partial charge >= 0.3 is 0 Å². The Balaban J connectivity index is 1.99. The first-order chi connectivity index (χ1) is 8.81. The fourth-order valence-corrected chi connectivity index (χ4v) is 1.82. The summed E-state index contributed by atoms with van der Waals surface area (Å²) in [5.41, 5.74) is 2.26. The van der Waals surface area contributed by atoms with Crippen molar-refractivity contribution in [1.82, 2.24) is 4.98 Å². The first-order valence-electron chi connectivity index (χ1n) is 6.09. The molecular weight excluding hydrogens is 224 g/mol. The van der Waals surface area contributed by atoms with Crippen molar-refractivity contribution in [2.45, 2.75) is 19.6 Å². The largest absolute Gasteiger partial charge is 0.373 e. The second-order valence-corrected chi connectivity index (χ2v) is 4.13. The minimum atomic E-state index is 0.0797. The van der Waals surface area contributed by atoms with Gasteiger partial charge in [0.15, 0.2) is 0 Å². The van der Waals surface area contributed by atoms with E-state index in [1.165, 1.54) is 5.56 Å². The number of benzene rings is 1. The van der Waals surface area contributed by atoms with Gasteiger partial charge in [0.05, 0.1) is 12.7 Å². The number of nitrogens with one attached hydrogen (secondary N) is 1. The second-order valence-electron chi connectivity index (χ2n) is 4.13. The van der Waals surface area contributed by atoms with E-state index in [0.29, 0.717) is 6.61 Å². The molecule has 94 valence electrons. The lowest BCUT2D eigenvalue weighted by Crippen LogP contribution is -2.03. The topological polar surface area (TPSA) is 34.2 Å². The highest BCUT2D eigenvalue weighted by atomic mass is 16.5. The van der Waals surface area contributed by atoms with E-state index in [4.69, 9.17) is 4.74 Å². The summed E-state index contributed by atoms with van der Waals surface area (Å²) in [5, 5.41) is 3.07. The van der Waals surface area contributed by atoms with Gasteiger partial charge in [0.2, 0.25) is 0 Å². The Morgan fingerprint density at radius 2 is 1.94 bits per heavy atom. The van der Waals surface area contributed by atoms with E-state index in [2.05, 4.69) is 29.4 Å². The first-order valence-corrected chi connectivity index (χ1v) is 6.09. The molecule has 3 heteroatoms. The lowest BCUT2D eigenvalue weighted by atomic mass is 10.1. The van der Waals surface area contributed by atoms with Gasteiger partial charge in [0, 0.05) is 18.8 Å². The van der Waals surface area contributed by atoms with Crippen molar-refractivity contribution in [1.29, 1.82) is 0 Å². The molecule has 1 heterocycles. The van der Waals surface area contributed by atoms with Crippen LogP contribution in [0.15, 0.2) is 48.7 Å². The van der Waals surface area contributed by atoms with Crippen LogP contribution in [0.4, 0.5) is 5.82 Å². The van der Waals surface area contributed by atoms with Gasteiger partial charge in [-0.05, 0) is 18.6 Å². The zero-order valence-electron chi connectivity index (χ0n) is 10.8. The highest BCUT2D eigenvalue weighted by Crippen LogP contribution is 2.20. The van der Waals surface area contributed by atoms with Gasteiger partial charge in [0.25, 0.3) is 0 Å². The second kappa shape index (κ2) is 6.17. The van der Waals surface area contributed by atoms with Gasteiger partial charge in [-0.15, -0.1) is 0 Å². The molecule has 1 aromatic carbocycles. The summed E-state index contributed by atoms with van der Waals surface area (Å²) in [6.45, 7) is 2.62. The normalized spacial score (nSPS) is 12.1. The smallest absolute Gasteiger partial charge is 0.131 e. The maximum atomic E-state index is 5.88. The van der Waals surface area contributed by atoms with Crippen LogP contribution in [-0.4, -0.2) is 12.0 Å². The van der Waals surface area contributed by atoms with E-state index in [1.807, 2.05) is 37.4 Å². The molecule has 0 saturated heterocycles. The van der Waals surface area contributed by atoms with Crippen LogP contribution in [0.5, 0.6) is 0 Å². The lowest BCUT2D eigenvalue weighted by Gasteiger charge is -2.14. The average molecular weight is 242 g/mol. The molecule has 0 aliphatic rings. The van der Waals surface area contributed by atoms with Crippen molar-refractivity contribution >= 4 is 5.82 Å². The molecule has 0 fully saturated rings. The number of pyridine rings is 1.